The van der Waals surface area contributed by atoms with Gasteiger partial charge in [0, 0.05) is 11.6 Å². The Bertz CT molecular complexity index is 1250. The number of benzene rings is 2. The van der Waals surface area contributed by atoms with Gasteiger partial charge in [-0.25, -0.2) is 17.2 Å². The lowest BCUT2D eigenvalue weighted by atomic mass is 10.0. The monoisotopic (exact) mass is 424 g/mol. The van der Waals surface area contributed by atoms with Crippen LogP contribution in [0.15, 0.2) is 60.1 Å². The summed E-state index contributed by atoms with van der Waals surface area (Å²) >= 11 is 0. The van der Waals surface area contributed by atoms with E-state index in [1.54, 1.807) is 18.3 Å². The number of nitrogens with zero attached hydrogens (tertiary/aromatic N) is 1. The Morgan fingerprint density at radius 1 is 1.17 bits per heavy atom. The number of carbonyl (C=O) groups is 1. The zero-order valence-electron chi connectivity index (χ0n) is 17.2. The number of aryl methyl sites for hydroxylation is 3. The molecule has 0 unspecified atom stereocenters. The summed E-state index contributed by atoms with van der Waals surface area (Å²) in [7, 11) is -3.81. The molecule has 2 aromatic carbocycles. The molecule has 0 radical (unpaired) electrons. The third-order valence-corrected chi connectivity index (χ3v) is 7.48. The number of aromatic nitrogens is 1. The average Bonchev–Trinajstić information content (AvgIpc) is 3.21. The minimum absolute atomic E-state index is 0.306. The van der Waals surface area contributed by atoms with E-state index < -0.39 is 22.2 Å². The molecule has 1 aromatic heterocycles. The Morgan fingerprint density at radius 2 is 1.83 bits per heavy atom. The molecular formula is C23H24N2O4S. The summed E-state index contributed by atoms with van der Waals surface area (Å²) in [6.07, 6.45) is 2.71. The summed E-state index contributed by atoms with van der Waals surface area (Å²) in [6.45, 7) is 9.31. The van der Waals surface area contributed by atoms with Gasteiger partial charge in [-0.15, -0.1) is 0 Å². The van der Waals surface area contributed by atoms with Crippen molar-refractivity contribution in [1.82, 2.24) is 9.29 Å². The smallest absolute Gasteiger partial charge is 0.408 e. The molecule has 1 fully saturated rings. The van der Waals surface area contributed by atoms with Gasteiger partial charge in [-0.3, -0.25) is 0 Å². The van der Waals surface area contributed by atoms with Crippen molar-refractivity contribution in [2.45, 2.75) is 44.2 Å². The van der Waals surface area contributed by atoms with E-state index in [0.29, 0.717) is 16.8 Å². The van der Waals surface area contributed by atoms with Gasteiger partial charge in [-0.05, 0) is 56.0 Å². The molecule has 2 atom stereocenters. The van der Waals surface area contributed by atoms with E-state index in [9.17, 15) is 13.2 Å². The predicted octanol–water partition coefficient (Wildman–Crippen LogP) is 4.01. The van der Waals surface area contributed by atoms with Gasteiger partial charge < -0.3 is 10.1 Å². The first-order chi connectivity index (χ1) is 14.2. The maximum absolute atomic E-state index is 13.7. The second-order valence-electron chi connectivity index (χ2n) is 7.76. The van der Waals surface area contributed by atoms with E-state index in [4.69, 9.17) is 4.74 Å². The molecule has 3 aromatic rings. The van der Waals surface area contributed by atoms with Crippen molar-refractivity contribution in [3.63, 3.8) is 0 Å². The number of rotatable bonds is 5. The van der Waals surface area contributed by atoms with Crippen molar-refractivity contribution in [1.29, 1.82) is 0 Å². The number of fused-ring (bicyclic) bond motifs is 1. The molecule has 4 rings (SSSR count). The van der Waals surface area contributed by atoms with Crippen molar-refractivity contribution in [3.05, 3.63) is 77.5 Å². The molecule has 1 aliphatic rings. The number of amides is 1. The van der Waals surface area contributed by atoms with E-state index in [1.807, 2.05) is 51.1 Å². The molecule has 0 aliphatic carbocycles. The van der Waals surface area contributed by atoms with Crippen molar-refractivity contribution in [2.24, 2.45) is 0 Å². The standard InChI is InChI=1S/C23H24N2O4S/c1-5-21-19(24-23(26)29-21)12-17-13-25(20-9-7-6-8-18(17)20)30(27,28)22-15(3)10-14(2)11-16(22)4/h5-11,13,19,21H,1,12H2,2-4H3,(H,24,26)/t19-,21-/m0/s1. The van der Waals surface area contributed by atoms with E-state index in [1.165, 1.54) is 3.97 Å². The van der Waals surface area contributed by atoms with Crippen LogP contribution in [0.1, 0.15) is 22.3 Å². The maximum Gasteiger partial charge on any atom is 0.408 e. The third-order valence-electron chi connectivity index (χ3n) is 5.50. The Labute approximate surface area is 176 Å². The van der Waals surface area contributed by atoms with Gasteiger partial charge in [-0.1, -0.05) is 42.5 Å². The molecule has 2 heterocycles. The Morgan fingerprint density at radius 3 is 2.50 bits per heavy atom. The zero-order valence-corrected chi connectivity index (χ0v) is 18.0. The van der Waals surface area contributed by atoms with Crippen LogP contribution in [-0.2, 0) is 21.2 Å². The van der Waals surface area contributed by atoms with Crippen molar-refractivity contribution in [3.8, 4) is 0 Å². The zero-order chi connectivity index (χ0) is 21.6. The van der Waals surface area contributed by atoms with Crippen LogP contribution in [0.5, 0.6) is 0 Å². The fourth-order valence-electron chi connectivity index (χ4n) is 4.34. The highest BCUT2D eigenvalue weighted by Crippen LogP contribution is 2.31. The summed E-state index contributed by atoms with van der Waals surface area (Å²) in [6, 6.07) is 10.8. The second-order valence-corrected chi connectivity index (χ2v) is 9.51. The molecule has 7 heteroatoms. The summed E-state index contributed by atoms with van der Waals surface area (Å²) < 4.78 is 33.9. The predicted molar refractivity (Wildman–Crippen MR) is 116 cm³/mol. The summed E-state index contributed by atoms with van der Waals surface area (Å²) in [5, 5.41) is 3.61. The number of hydrogen-bond acceptors (Lipinski definition) is 4. The molecule has 6 nitrogen and oxygen atoms in total. The molecule has 0 spiro atoms. The molecule has 1 saturated heterocycles. The second kappa shape index (κ2) is 7.32. The highest BCUT2D eigenvalue weighted by atomic mass is 32.2. The van der Waals surface area contributed by atoms with Crippen molar-refractivity contribution < 1.29 is 17.9 Å². The minimum Gasteiger partial charge on any atom is -0.440 e. The van der Waals surface area contributed by atoms with Crippen LogP contribution in [0.2, 0.25) is 0 Å². The SMILES string of the molecule is C=C[C@@H]1OC(=O)N[C@H]1Cc1cn(S(=O)(=O)c2c(C)cc(C)cc2C)c2ccccc12. The van der Waals surface area contributed by atoms with Crippen LogP contribution in [-0.4, -0.2) is 30.6 Å². The van der Waals surface area contributed by atoms with Crippen molar-refractivity contribution in [2.75, 3.05) is 0 Å². The van der Waals surface area contributed by atoms with E-state index >= 15 is 0 Å². The van der Waals surface area contributed by atoms with Crippen LogP contribution in [0.4, 0.5) is 4.79 Å². The lowest BCUT2D eigenvalue weighted by Crippen LogP contribution is -2.32. The quantitative estimate of drug-likeness (QED) is 0.628. The van der Waals surface area contributed by atoms with E-state index in [0.717, 1.165) is 27.6 Å². The first-order valence-electron chi connectivity index (χ1n) is 9.74. The first-order valence-corrected chi connectivity index (χ1v) is 11.2. The van der Waals surface area contributed by atoms with Crippen LogP contribution >= 0.6 is 0 Å². The number of para-hydroxylation sites is 1. The fraction of sp³-hybridized carbons (Fsp3) is 0.261. The number of cyclic esters (lactones) is 1. The molecule has 1 N–H and O–H groups in total. The maximum atomic E-state index is 13.7. The Kier molecular flexibility index (Phi) is 4.94. The van der Waals surface area contributed by atoms with Gasteiger partial charge in [0.15, 0.2) is 0 Å². The Balaban J connectivity index is 1.85. The topological polar surface area (TPSA) is 77.4 Å². The normalized spacial score (nSPS) is 19.0. The Hall–Kier alpha value is -3.06. The van der Waals surface area contributed by atoms with Gasteiger partial charge in [0.1, 0.15) is 6.10 Å². The minimum atomic E-state index is -3.81. The lowest BCUT2D eigenvalue weighted by Gasteiger charge is -2.14. The number of hydrogen-bond donors (Lipinski definition) is 1. The first kappa shape index (κ1) is 20.2. The molecular weight excluding hydrogens is 400 g/mol. The molecule has 156 valence electrons. The van der Waals surface area contributed by atoms with E-state index in [-0.39, 0.29) is 6.04 Å². The van der Waals surface area contributed by atoms with Crippen LogP contribution in [0, 0.1) is 20.8 Å². The lowest BCUT2D eigenvalue weighted by molar-refractivity contribution is 0.153. The number of alkyl carbamates (subject to hydrolysis) is 1. The summed E-state index contributed by atoms with van der Waals surface area (Å²) in [5.41, 5.74) is 3.88. The summed E-state index contributed by atoms with van der Waals surface area (Å²) in [4.78, 5) is 12.0. The van der Waals surface area contributed by atoms with Gasteiger partial charge in [0.05, 0.1) is 16.5 Å². The van der Waals surface area contributed by atoms with Crippen LogP contribution in [0.3, 0.4) is 0 Å². The fourth-order valence-corrected chi connectivity index (χ4v) is 6.15. The molecule has 30 heavy (non-hydrogen) atoms. The largest absolute Gasteiger partial charge is 0.440 e. The number of nitrogens with one attached hydrogen (secondary N) is 1. The summed E-state index contributed by atoms with van der Waals surface area (Å²) in [5.74, 6) is 0. The van der Waals surface area contributed by atoms with Gasteiger partial charge >= 0.3 is 6.09 Å². The van der Waals surface area contributed by atoms with E-state index in [2.05, 4.69) is 11.9 Å². The van der Waals surface area contributed by atoms with Gasteiger partial charge in [-0.2, -0.15) is 0 Å². The molecule has 1 aliphatic heterocycles. The number of ether oxygens (including phenoxy) is 1. The van der Waals surface area contributed by atoms with Crippen molar-refractivity contribution >= 4 is 27.0 Å². The highest BCUT2D eigenvalue weighted by molar-refractivity contribution is 7.90. The highest BCUT2D eigenvalue weighted by Gasteiger charge is 2.33. The average molecular weight is 425 g/mol. The molecule has 0 saturated carbocycles. The van der Waals surface area contributed by atoms with Crippen LogP contribution < -0.4 is 5.32 Å². The van der Waals surface area contributed by atoms with Gasteiger partial charge in [0.2, 0.25) is 0 Å². The molecule has 1 amide bonds. The molecule has 0 bridgehead atoms. The number of carbonyl (C=O) groups excluding carboxylic acids is 1. The third kappa shape index (κ3) is 3.29. The van der Waals surface area contributed by atoms with Crippen LogP contribution in [0.25, 0.3) is 10.9 Å². The van der Waals surface area contributed by atoms with Gasteiger partial charge in [0.25, 0.3) is 10.0 Å².